The van der Waals surface area contributed by atoms with Crippen LogP contribution in [0.25, 0.3) is 0 Å². The fourth-order valence-corrected chi connectivity index (χ4v) is 2.49. The second-order valence-corrected chi connectivity index (χ2v) is 5.03. The SMILES string of the molecule is O=[N+]([O-])c1ccc(Cl)nc1NCC1CCCCC1. The molecule has 18 heavy (non-hydrogen) atoms. The van der Waals surface area contributed by atoms with Gasteiger partial charge in [-0.3, -0.25) is 10.1 Å². The van der Waals surface area contributed by atoms with Crippen LogP contribution in [-0.2, 0) is 0 Å². The Labute approximate surface area is 111 Å². The van der Waals surface area contributed by atoms with Gasteiger partial charge in [0.25, 0.3) is 0 Å². The van der Waals surface area contributed by atoms with Crippen LogP contribution in [0.2, 0.25) is 5.15 Å². The van der Waals surface area contributed by atoms with Crippen molar-refractivity contribution in [3.8, 4) is 0 Å². The zero-order valence-corrected chi connectivity index (χ0v) is 10.8. The second-order valence-electron chi connectivity index (χ2n) is 4.64. The highest BCUT2D eigenvalue weighted by Gasteiger charge is 2.18. The molecule has 0 spiro atoms. The molecule has 98 valence electrons. The Kier molecular flexibility index (Phi) is 4.36. The number of nitrogens with one attached hydrogen (secondary N) is 1. The summed E-state index contributed by atoms with van der Waals surface area (Å²) in [5, 5.41) is 14.2. The third-order valence-electron chi connectivity index (χ3n) is 3.32. The molecule has 0 unspecified atom stereocenters. The lowest BCUT2D eigenvalue weighted by Crippen LogP contribution is -2.18. The number of nitrogens with zero attached hydrogens (tertiary/aromatic N) is 2. The third kappa shape index (κ3) is 3.32. The van der Waals surface area contributed by atoms with Gasteiger partial charge in [0.2, 0.25) is 5.82 Å². The number of pyridine rings is 1. The summed E-state index contributed by atoms with van der Waals surface area (Å²) in [5.74, 6) is 0.859. The van der Waals surface area contributed by atoms with E-state index in [-0.39, 0.29) is 16.7 Å². The summed E-state index contributed by atoms with van der Waals surface area (Å²) < 4.78 is 0. The summed E-state index contributed by atoms with van der Waals surface area (Å²) >= 11 is 5.77. The van der Waals surface area contributed by atoms with E-state index in [0.29, 0.717) is 5.92 Å². The summed E-state index contributed by atoms with van der Waals surface area (Å²) in [6.07, 6.45) is 6.16. The van der Waals surface area contributed by atoms with Gasteiger partial charge in [0.15, 0.2) is 0 Å². The van der Waals surface area contributed by atoms with E-state index in [1.165, 1.54) is 44.2 Å². The number of aromatic nitrogens is 1. The van der Waals surface area contributed by atoms with Gasteiger partial charge in [-0.05, 0) is 24.8 Å². The number of hydrogen-bond acceptors (Lipinski definition) is 4. The summed E-state index contributed by atoms with van der Waals surface area (Å²) in [5.41, 5.74) is -0.0183. The average Bonchev–Trinajstić information content (AvgIpc) is 2.37. The van der Waals surface area contributed by atoms with E-state index in [2.05, 4.69) is 10.3 Å². The molecule has 5 nitrogen and oxygen atoms in total. The van der Waals surface area contributed by atoms with Gasteiger partial charge in [-0.1, -0.05) is 30.9 Å². The molecule has 1 saturated carbocycles. The maximum absolute atomic E-state index is 10.9. The molecule has 0 radical (unpaired) electrons. The first-order valence-electron chi connectivity index (χ1n) is 6.21. The molecule has 0 atom stereocenters. The van der Waals surface area contributed by atoms with Gasteiger partial charge in [-0.2, -0.15) is 0 Å². The molecule has 1 aliphatic carbocycles. The van der Waals surface area contributed by atoms with Gasteiger partial charge in [-0.25, -0.2) is 4.98 Å². The fourth-order valence-electron chi connectivity index (χ4n) is 2.34. The minimum absolute atomic E-state index is 0.0183. The lowest BCUT2D eigenvalue weighted by Gasteiger charge is -2.21. The first-order valence-corrected chi connectivity index (χ1v) is 6.59. The highest BCUT2D eigenvalue weighted by molar-refractivity contribution is 6.29. The van der Waals surface area contributed by atoms with Crippen molar-refractivity contribution in [3.05, 3.63) is 27.4 Å². The van der Waals surface area contributed by atoms with Crippen molar-refractivity contribution in [1.29, 1.82) is 0 Å². The molecule has 0 saturated heterocycles. The van der Waals surface area contributed by atoms with Gasteiger partial charge in [0.05, 0.1) is 4.92 Å². The molecular formula is C12H16ClN3O2. The first-order chi connectivity index (χ1) is 8.66. The Bertz CT molecular complexity index is 433. The number of anilines is 1. The number of rotatable bonds is 4. The van der Waals surface area contributed by atoms with E-state index in [9.17, 15) is 10.1 Å². The predicted octanol–water partition coefficient (Wildman–Crippen LogP) is 3.64. The van der Waals surface area contributed by atoms with Crippen LogP contribution >= 0.6 is 11.6 Å². The largest absolute Gasteiger partial charge is 0.364 e. The molecule has 0 aromatic carbocycles. The van der Waals surface area contributed by atoms with Crippen molar-refractivity contribution in [2.75, 3.05) is 11.9 Å². The van der Waals surface area contributed by atoms with Gasteiger partial charge in [-0.15, -0.1) is 0 Å². The van der Waals surface area contributed by atoms with Crippen LogP contribution < -0.4 is 5.32 Å². The maximum atomic E-state index is 10.9. The Morgan fingerprint density at radius 2 is 2.11 bits per heavy atom. The van der Waals surface area contributed by atoms with Crippen molar-refractivity contribution >= 4 is 23.1 Å². The molecule has 0 aliphatic heterocycles. The number of halogens is 1. The fraction of sp³-hybridized carbons (Fsp3) is 0.583. The molecule has 1 N–H and O–H groups in total. The molecule has 1 heterocycles. The Hall–Kier alpha value is -1.36. The molecule has 6 heteroatoms. The highest BCUT2D eigenvalue weighted by atomic mass is 35.5. The van der Waals surface area contributed by atoms with Crippen molar-refractivity contribution < 1.29 is 4.92 Å². The van der Waals surface area contributed by atoms with E-state index in [4.69, 9.17) is 11.6 Å². The van der Waals surface area contributed by atoms with Crippen LogP contribution in [-0.4, -0.2) is 16.5 Å². The van der Waals surface area contributed by atoms with Crippen molar-refractivity contribution in [2.24, 2.45) is 5.92 Å². The summed E-state index contributed by atoms with van der Waals surface area (Å²) in [6.45, 7) is 0.730. The molecule has 1 aromatic rings. The van der Waals surface area contributed by atoms with Crippen molar-refractivity contribution in [1.82, 2.24) is 4.98 Å². The molecule has 0 amide bonds. The molecule has 1 fully saturated rings. The zero-order valence-electron chi connectivity index (χ0n) is 10.1. The molecule has 1 aliphatic rings. The van der Waals surface area contributed by atoms with Crippen LogP contribution in [0, 0.1) is 16.0 Å². The van der Waals surface area contributed by atoms with E-state index < -0.39 is 4.92 Å². The van der Waals surface area contributed by atoms with Crippen LogP contribution in [0.4, 0.5) is 11.5 Å². The van der Waals surface area contributed by atoms with E-state index in [0.717, 1.165) is 6.54 Å². The maximum Gasteiger partial charge on any atom is 0.311 e. The van der Waals surface area contributed by atoms with Crippen LogP contribution in [0.3, 0.4) is 0 Å². The summed E-state index contributed by atoms with van der Waals surface area (Å²) in [6, 6.07) is 2.82. The van der Waals surface area contributed by atoms with E-state index >= 15 is 0 Å². The van der Waals surface area contributed by atoms with E-state index in [1.54, 1.807) is 0 Å². The van der Waals surface area contributed by atoms with Gasteiger partial charge in [0.1, 0.15) is 5.15 Å². The third-order valence-corrected chi connectivity index (χ3v) is 3.53. The average molecular weight is 270 g/mol. The molecule has 1 aromatic heterocycles. The van der Waals surface area contributed by atoms with E-state index in [1.807, 2.05) is 0 Å². The highest BCUT2D eigenvalue weighted by Crippen LogP contribution is 2.27. The smallest absolute Gasteiger partial charge is 0.311 e. The lowest BCUT2D eigenvalue weighted by molar-refractivity contribution is -0.384. The first kappa shape index (κ1) is 13.1. The van der Waals surface area contributed by atoms with Gasteiger partial charge < -0.3 is 5.32 Å². The molecule has 2 rings (SSSR count). The molecular weight excluding hydrogens is 254 g/mol. The van der Waals surface area contributed by atoms with Crippen LogP contribution in [0.5, 0.6) is 0 Å². The normalized spacial score (nSPS) is 16.5. The summed E-state index contributed by atoms with van der Waals surface area (Å²) in [7, 11) is 0. The predicted molar refractivity (Wildman–Crippen MR) is 71.0 cm³/mol. The topological polar surface area (TPSA) is 68.1 Å². The monoisotopic (exact) mass is 269 g/mol. The van der Waals surface area contributed by atoms with Crippen LogP contribution in [0.15, 0.2) is 12.1 Å². The number of hydrogen-bond donors (Lipinski definition) is 1. The molecule has 0 bridgehead atoms. The minimum Gasteiger partial charge on any atom is -0.364 e. The number of nitro groups is 1. The standard InChI is InChI=1S/C12H16ClN3O2/c13-11-7-6-10(16(17)18)12(15-11)14-8-9-4-2-1-3-5-9/h6-7,9H,1-5,8H2,(H,14,15). The quantitative estimate of drug-likeness (QED) is 0.515. The Morgan fingerprint density at radius 3 is 2.78 bits per heavy atom. The second kappa shape index (κ2) is 6.00. The van der Waals surface area contributed by atoms with Crippen molar-refractivity contribution in [2.45, 2.75) is 32.1 Å². The van der Waals surface area contributed by atoms with Crippen LogP contribution in [0.1, 0.15) is 32.1 Å². The Morgan fingerprint density at radius 1 is 1.39 bits per heavy atom. The van der Waals surface area contributed by atoms with Gasteiger partial charge in [0, 0.05) is 12.6 Å². The van der Waals surface area contributed by atoms with Crippen molar-refractivity contribution in [3.63, 3.8) is 0 Å². The van der Waals surface area contributed by atoms with Gasteiger partial charge >= 0.3 is 5.69 Å². The zero-order chi connectivity index (χ0) is 13.0. The Balaban J connectivity index is 2.03. The summed E-state index contributed by atoms with van der Waals surface area (Å²) in [4.78, 5) is 14.4. The minimum atomic E-state index is -0.438. The lowest BCUT2D eigenvalue weighted by atomic mass is 9.89.